The smallest absolute Gasteiger partial charge is 0.350 e. The molecule has 6 rings (SSSR count). The van der Waals surface area contributed by atoms with E-state index < -0.39 is 0 Å². The molecule has 50 heavy (non-hydrogen) atoms. The zero-order valence-electron chi connectivity index (χ0n) is 28.3. The molecule has 12 nitrogen and oxygen atoms in total. The van der Waals surface area contributed by atoms with Gasteiger partial charge < -0.3 is 28.6 Å². The summed E-state index contributed by atoms with van der Waals surface area (Å²) in [4.78, 5) is 26.1. The molecule has 4 heterocycles. The number of ether oxygens (including phenoxy) is 3. The Morgan fingerprint density at radius 1 is 0.920 bits per heavy atom. The summed E-state index contributed by atoms with van der Waals surface area (Å²) in [6.07, 6.45) is 9.23. The fraction of sp³-hybridized carbons (Fsp3) is 0.389. The van der Waals surface area contributed by atoms with Crippen molar-refractivity contribution in [1.29, 1.82) is 0 Å². The van der Waals surface area contributed by atoms with E-state index in [0.717, 1.165) is 55.4 Å². The molecule has 1 saturated heterocycles. The predicted molar refractivity (Wildman–Crippen MR) is 195 cm³/mol. The van der Waals surface area contributed by atoms with Gasteiger partial charge in [-0.25, -0.2) is 24.0 Å². The second-order valence-corrected chi connectivity index (χ2v) is 13.0. The van der Waals surface area contributed by atoms with Crippen LogP contribution in [-0.2, 0) is 22.6 Å². The molecular weight excluding hydrogens is 679 g/mol. The Labute approximate surface area is 301 Å². The lowest BCUT2D eigenvalue weighted by atomic mass is 10.2. The number of nitrogens with zero attached hydrogens (tertiary/aromatic N) is 8. The first-order valence-electron chi connectivity index (χ1n) is 16.8. The van der Waals surface area contributed by atoms with Crippen LogP contribution in [0.3, 0.4) is 0 Å². The van der Waals surface area contributed by atoms with E-state index in [0.29, 0.717) is 48.7 Å². The summed E-state index contributed by atoms with van der Waals surface area (Å²) < 4.78 is 23.3. The molecule has 0 radical (unpaired) electrons. The molecule has 0 unspecified atom stereocenters. The van der Waals surface area contributed by atoms with E-state index in [-0.39, 0.29) is 17.8 Å². The lowest BCUT2D eigenvalue weighted by Gasteiger charge is -2.36. The van der Waals surface area contributed by atoms with Gasteiger partial charge in [0.1, 0.15) is 30.6 Å². The molecule has 3 aromatic heterocycles. The third-order valence-electron chi connectivity index (χ3n) is 8.80. The number of pyridine rings is 1. The molecule has 0 N–H and O–H groups in total. The third-order valence-corrected chi connectivity index (χ3v) is 9.39. The van der Waals surface area contributed by atoms with Crippen molar-refractivity contribution in [3.05, 3.63) is 112 Å². The first-order valence-corrected chi connectivity index (χ1v) is 17.6. The molecule has 1 fully saturated rings. The summed E-state index contributed by atoms with van der Waals surface area (Å²) in [5.41, 5.74) is 2.53. The van der Waals surface area contributed by atoms with Gasteiger partial charge in [-0.3, -0.25) is 0 Å². The zero-order valence-corrected chi connectivity index (χ0v) is 29.8. The molecule has 0 saturated carbocycles. The number of anilines is 2. The molecule has 0 spiro atoms. The minimum atomic E-state index is -0.316. The Hall–Kier alpha value is -4.36. The molecule has 0 amide bonds. The molecule has 264 valence electrons. The number of hydrogen-bond acceptors (Lipinski definition) is 9. The summed E-state index contributed by atoms with van der Waals surface area (Å²) in [5.74, 6) is 1.64. The number of aromatic nitrogens is 6. The molecule has 0 aliphatic carbocycles. The summed E-state index contributed by atoms with van der Waals surface area (Å²) in [6, 6.07) is 17.4. The van der Waals surface area contributed by atoms with Gasteiger partial charge in [0.05, 0.1) is 44.1 Å². The Morgan fingerprint density at radius 2 is 1.70 bits per heavy atom. The van der Waals surface area contributed by atoms with E-state index in [4.69, 9.17) is 37.4 Å². The van der Waals surface area contributed by atoms with Crippen LogP contribution in [0, 0.1) is 0 Å². The van der Waals surface area contributed by atoms with Crippen LogP contribution in [0.5, 0.6) is 5.75 Å². The standard InChI is InChI=1S/C36H42Cl2N8O4/c1-3-27(2)46-36(47)45(26-41-46)31-8-11-35(40-21-31)44-16-14-43(15-17-44)30-6-9-32(10-7-30)50-24-33(23-48-19-18-42-13-12-39-25-42)49-22-28-4-5-29(37)20-34(28)38/h4-13,20-21,25-27,33H,3,14-19,22-24H2,1-2H3/t27-,33+/m1/s1. The van der Waals surface area contributed by atoms with Crippen LogP contribution in [0.15, 0.2) is 90.6 Å². The molecule has 2 atom stereocenters. The van der Waals surface area contributed by atoms with Crippen molar-refractivity contribution in [3.63, 3.8) is 0 Å². The van der Waals surface area contributed by atoms with Crippen molar-refractivity contribution >= 4 is 34.7 Å². The summed E-state index contributed by atoms with van der Waals surface area (Å²) >= 11 is 12.4. The number of piperazine rings is 1. The molecule has 5 aromatic rings. The number of imidazole rings is 1. The molecule has 2 aromatic carbocycles. The normalized spacial score (nSPS) is 14.6. The second kappa shape index (κ2) is 17.0. The van der Waals surface area contributed by atoms with Crippen LogP contribution in [0.1, 0.15) is 31.9 Å². The van der Waals surface area contributed by atoms with Gasteiger partial charge in [0.25, 0.3) is 0 Å². The topological polar surface area (TPSA) is 105 Å². The van der Waals surface area contributed by atoms with E-state index in [1.807, 2.05) is 54.9 Å². The minimum Gasteiger partial charge on any atom is -0.491 e. The highest BCUT2D eigenvalue weighted by atomic mass is 35.5. The monoisotopic (exact) mass is 720 g/mol. The Bertz CT molecular complexity index is 1840. The van der Waals surface area contributed by atoms with E-state index in [2.05, 4.69) is 37.0 Å². The van der Waals surface area contributed by atoms with E-state index in [1.54, 1.807) is 37.2 Å². The number of halogens is 2. The van der Waals surface area contributed by atoms with Crippen molar-refractivity contribution in [2.24, 2.45) is 0 Å². The van der Waals surface area contributed by atoms with E-state index >= 15 is 0 Å². The highest BCUT2D eigenvalue weighted by molar-refractivity contribution is 6.35. The van der Waals surface area contributed by atoms with Crippen LogP contribution in [0.2, 0.25) is 10.0 Å². The van der Waals surface area contributed by atoms with Gasteiger partial charge in [0, 0.05) is 60.9 Å². The molecule has 0 bridgehead atoms. The summed E-state index contributed by atoms with van der Waals surface area (Å²) in [5, 5.41) is 5.41. The SMILES string of the molecule is CC[C@@H](C)n1ncn(-c2ccc(N3CCN(c4ccc(OC[C@H](COCCn5ccnc5)OCc5ccc(Cl)cc5Cl)cc4)CC3)nc2)c1=O. The van der Waals surface area contributed by atoms with Crippen molar-refractivity contribution in [2.75, 3.05) is 55.8 Å². The third kappa shape index (κ3) is 9.05. The van der Waals surface area contributed by atoms with Crippen molar-refractivity contribution < 1.29 is 14.2 Å². The zero-order chi connectivity index (χ0) is 34.9. The maximum Gasteiger partial charge on any atom is 0.350 e. The molecule has 1 aliphatic heterocycles. The maximum atomic E-state index is 12.8. The fourth-order valence-electron chi connectivity index (χ4n) is 5.61. The highest BCUT2D eigenvalue weighted by Gasteiger charge is 2.20. The number of hydrogen-bond donors (Lipinski definition) is 0. The van der Waals surface area contributed by atoms with E-state index in [9.17, 15) is 4.79 Å². The van der Waals surface area contributed by atoms with Gasteiger partial charge in [-0.1, -0.05) is 36.2 Å². The van der Waals surface area contributed by atoms with Crippen LogP contribution < -0.4 is 20.2 Å². The molecular formula is C36H42Cl2N8O4. The van der Waals surface area contributed by atoms with E-state index in [1.165, 1.54) is 9.25 Å². The Kier molecular flexibility index (Phi) is 12.1. The average Bonchev–Trinajstić information content (AvgIpc) is 3.81. The van der Waals surface area contributed by atoms with Crippen molar-refractivity contribution in [1.82, 2.24) is 28.9 Å². The van der Waals surface area contributed by atoms with Gasteiger partial charge in [-0.05, 0) is 67.4 Å². The van der Waals surface area contributed by atoms with Crippen LogP contribution in [0.25, 0.3) is 5.69 Å². The lowest BCUT2D eigenvalue weighted by molar-refractivity contribution is -0.0460. The highest BCUT2D eigenvalue weighted by Crippen LogP contribution is 2.24. The van der Waals surface area contributed by atoms with Gasteiger partial charge in [-0.2, -0.15) is 5.10 Å². The lowest BCUT2D eigenvalue weighted by Crippen LogP contribution is -2.46. The quantitative estimate of drug-likeness (QED) is 0.115. The molecule has 14 heteroatoms. The average molecular weight is 722 g/mol. The fourth-order valence-corrected chi connectivity index (χ4v) is 6.07. The van der Waals surface area contributed by atoms with Crippen LogP contribution in [-0.4, -0.2) is 81.0 Å². The Balaban J connectivity index is 0.992. The molecule has 1 aliphatic rings. The van der Waals surface area contributed by atoms with Crippen molar-refractivity contribution in [2.45, 2.75) is 45.6 Å². The maximum absolute atomic E-state index is 12.8. The number of rotatable bonds is 16. The largest absolute Gasteiger partial charge is 0.491 e. The summed E-state index contributed by atoms with van der Waals surface area (Å²) in [7, 11) is 0. The van der Waals surface area contributed by atoms with Gasteiger partial charge in [-0.15, -0.1) is 0 Å². The second-order valence-electron chi connectivity index (χ2n) is 12.2. The predicted octanol–water partition coefficient (Wildman–Crippen LogP) is 5.91. The number of benzene rings is 2. The Morgan fingerprint density at radius 3 is 2.40 bits per heavy atom. The minimum absolute atomic E-state index is 0.0455. The van der Waals surface area contributed by atoms with Crippen molar-refractivity contribution in [3.8, 4) is 11.4 Å². The van der Waals surface area contributed by atoms with Gasteiger partial charge in [0.15, 0.2) is 0 Å². The van der Waals surface area contributed by atoms with Gasteiger partial charge in [0.2, 0.25) is 0 Å². The summed E-state index contributed by atoms with van der Waals surface area (Å²) in [6.45, 7) is 9.59. The van der Waals surface area contributed by atoms with Gasteiger partial charge >= 0.3 is 5.69 Å². The van der Waals surface area contributed by atoms with Crippen LogP contribution >= 0.6 is 23.2 Å². The van der Waals surface area contributed by atoms with Crippen LogP contribution in [0.4, 0.5) is 11.5 Å². The first-order chi connectivity index (χ1) is 24.4. The first kappa shape index (κ1) is 35.5.